The molecule has 0 aliphatic carbocycles. The Kier molecular flexibility index (Phi) is 5.73. The van der Waals surface area contributed by atoms with Crippen molar-refractivity contribution in [3.05, 3.63) is 70.3 Å². The Bertz CT molecular complexity index is 1000. The van der Waals surface area contributed by atoms with Gasteiger partial charge in [-0.25, -0.2) is 4.39 Å². The number of aryl methyl sites for hydroxylation is 1. The van der Waals surface area contributed by atoms with Crippen molar-refractivity contribution < 1.29 is 9.18 Å². The molecule has 1 saturated heterocycles. The fraction of sp³-hybridized carbons (Fsp3) is 0.286. The molecule has 2 aromatic heterocycles. The summed E-state index contributed by atoms with van der Waals surface area (Å²) in [4.78, 5) is 17.1. The van der Waals surface area contributed by atoms with Crippen LogP contribution in [-0.2, 0) is 7.05 Å². The lowest BCUT2D eigenvalue weighted by atomic mass is 9.86. The topological polar surface area (TPSA) is 71.8 Å². The van der Waals surface area contributed by atoms with Crippen LogP contribution >= 0.6 is 15.9 Å². The van der Waals surface area contributed by atoms with Gasteiger partial charge in [0.15, 0.2) is 0 Å². The van der Waals surface area contributed by atoms with Gasteiger partial charge in [0, 0.05) is 37.3 Å². The molecular weight excluding hydrogens is 437 g/mol. The Hall–Kier alpha value is -2.58. The lowest BCUT2D eigenvalue weighted by Crippen LogP contribution is -2.50. The van der Waals surface area contributed by atoms with Crippen LogP contribution in [0, 0.1) is 5.82 Å². The zero-order chi connectivity index (χ0) is 20.4. The number of hydrogen-bond acceptors (Lipinski definition) is 4. The van der Waals surface area contributed by atoms with Gasteiger partial charge in [0.1, 0.15) is 11.5 Å². The summed E-state index contributed by atoms with van der Waals surface area (Å²) in [5.74, 6) is -0.444. The second-order valence-corrected chi connectivity index (χ2v) is 7.99. The van der Waals surface area contributed by atoms with E-state index in [4.69, 9.17) is 0 Å². The average molecular weight is 458 g/mol. The Morgan fingerprint density at radius 1 is 1.31 bits per heavy atom. The largest absolute Gasteiger partial charge is 0.346 e. The molecular formula is C21H21BrFN5O. The van der Waals surface area contributed by atoms with E-state index in [0.717, 1.165) is 34.3 Å². The summed E-state index contributed by atoms with van der Waals surface area (Å²) in [7, 11) is 1.85. The van der Waals surface area contributed by atoms with Gasteiger partial charge in [-0.3, -0.25) is 14.5 Å². The van der Waals surface area contributed by atoms with Gasteiger partial charge in [-0.1, -0.05) is 12.1 Å². The number of hydrogen-bond donors (Lipinski definition) is 2. The smallest absolute Gasteiger partial charge is 0.270 e. The van der Waals surface area contributed by atoms with E-state index in [0.29, 0.717) is 12.2 Å². The zero-order valence-electron chi connectivity index (χ0n) is 15.9. The van der Waals surface area contributed by atoms with Crippen molar-refractivity contribution >= 4 is 21.8 Å². The number of pyridine rings is 1. The molecule has 1 amide bonds. The van der Waals surface area contributed by atoms with E-state index in [1.54, 1.807) is 35.3 Å². The molecule has 0 unspecified atom stereocenters. The van der Waals surface area contributed by atoms with E-state index >= 15 is 0 Å². The summed E-state index contributed by atoms with van der Waals surface area (Å²) in [6, 6.07) is 10.0. The molecule has 2 atom stereocenters. The summed E-state index contributed by atoms with van der Waals surface area (Å²) in [5, 5.41) is 10.6. The first kappa shape index (κ1) is 19.7. The second kappa shape index (κ2) is 8.42. The molecule has 1 aliphatic rings. The SMILES string of the molecule is Cn1ncc(Br)c1-c1ccc(C(=O)N[C@@H]2CNCC[C@H]2c2cccc(F)c2)nc1. The van der Waals surface area contributed by atoms with Crippen LogP contribution in [0.3, 0.4) is 0 Å². The number of nitrogens with one attached hydrogen (secondary N) is 2. The maximum atomic E-state index is 13.7. The Morgan fingerprint density at radius 2 is 2.17 bits per heavy atom. The molecule has 3 aromatic rings. The fourth-order valence-electron chi connectivity index (χ4n) is 3.79. The molecule has 1 aromatic carbocycles. The monoisotopic (exact) mass is 457 g/mol. The van der Waals surface area contributed by atoms with Gasteiger partial charge in [0.25, 0.3) is 5.91 Å². The fourth-order valence-corrected chi connectivity index (χ4v) is 4.37. The van der Waals surface area contributed by atoms with E-state index in [1.165, 1.54) is 6.07 Å². The first-order chi connectivity index (χ1) is 14.0. The number of nitrogens with zero attached hydrogens (tertiary/aromatic N) is 3. The summed E-state index contributed by atoms with van der Waals surface area (Å²) in [6.45, 7) is 1.47. The molecule has 0 radical (unpaired) electrons. The first-order valence-corrected chi connectivity index (χ1v) is 10.2. The minimum Gasteiger partial charge on any atom is -0.346 e. The van der Waals surface area contributed by atoms with E-state index in [-0.39, 0.29) is 23.7 Å². The van der Waals surface area contributed by atoms with Gasteiger partial charge in [-0.05, 0) is 58.7 Å². The van der Waals surface area contributed by atoms with Crippen LogP contribution in [0.15, 0.2) is 53.3 Å². The molecule has 6 nitrogen and oxygen atoms in total. The van der Waals surface area contributed by atoms with Crippen LogP contribution in [0.25, 0.3) is 11.3 Å². The number of aromatic nitrogens is 3. The van der Waals surface area contributed by atoms with Crippen molar-refractivity contribution in [1.82, 2.24) is 25.4 Å². The first-order valence-electron chi connectivity index (χ1n) is 9.44. The molecule has 1 aliphatic heterocycles. The number of carbonyl (C=O) groups is 1. The van der Waals surface area contributed by atoms with Gasteiger partial charge in [0.2, 0.25) is 0 Å². The molecule has 8 heteroatoms. The quantitative estimate of drug-likeness (QED) is 0.630. The molecule has 29 heavy (non-hydrogen) atoms. The van der Waals surface area contributed by atoms with Crippen LogP contribution in [0.5, 0.6) is 0 Å². The van der Waals surface area contributed by atoms with Crippen molar-refractivity contribution in [1.29, 1.82) is 0 Å². The van der Waals surface area contributed by atoms with Gasteiger partial charge in [-0.15, -0.1) is 0 Å². The lowest BCUT2D eigenvalue weighted by Gasteiger charge is -2.33. The van der Waals surface area contributed by atoms with Crippen LogP contribution in [-0.4, -0.2) is 39.8 Å². The number of benzene rings is 1. The zero-order valence-corrected chi connectivity index (χ0v) is 17.5. The van der Waals surface area contributed by atoms with Gasteiger partial charge < -0.3 is 10.6 Å². The number of piperidine rings is 1. The van der Waals surface area contributed by atoms with Crippen molar-refractivity contribution in [2.24, 2.45) is 7.05 Å². The summed E-state index contributed by atoms with van der Waals surface area (Å²) in [5.41, 5.74) is 3.01. The highest BCUT2D eigenvalue weighted by atomic mass is 79.9. The van der Waals surface area contributed by atoms with Crippen LogP contribution in [0.4, 0.5) is 4.39 Å². The Morgan fingerprint density at radius 3 is 2.86 bits per heavy atom. The number of carbonyl (C=O) groups excluding carboxylic acids is 1. The molecule has 0 bridgehead atoms. The minimum atomic E-state index is -0.260. The molecule has 0 saturated carbocycles. The van der Waals surface area contributed by atoms with E-state index < -0.39 is 0 Å². The average Bonchev–Trinajstić information content (AvgIpc) is 3.06. The highest BCUT2D eigenvalue weighted by molar-refractivity contribution is 9.10. The predicted molar refractivity (Wildman–Crippen MR) is 112 cm³/mol. The Labute approximate surface area is 176 Å². The van der Waals surface area contributed by atoms with Gasteiger partial charge in [-0.2, -0.15) is 5.10 Å². The van der Waals surface area contributed by atoms with Crippen LogP contribution in [0.2, 0.25) is 0 Å². The molecule has 150 valence electrons. The highest BCUT2D eigenvalue weighted by Crippen LogP contribution is 2.28. The third-order valence-electron chi connectivity index (χ3n) is 5.24. The van der Waals surface area contributed by atoms with Crippen LogP contribution < -0.4 is 10.6 Å². The summed E-state index contributed by atoms with van der Waals surface area (Å²) >= 11 is 3.48. The van der Waals surface area contributed by atoms with E-state index in [1.807, 2.05) is 19.2 Å². The second-order valence-electron chi connectivity index (χ2n) is 7.13. The predicted octanol–water partition coefficient (Wildman–Crippen LogP) is 3.26. The van der Waals surface area contributed by atoms with Crippen molar-refractivity contribution in [3.8, 4) is 11.3 Å². The number of amides is 1. The van der Waals surface area contributed by atoms with Gasteiger partial charge >= 0.3 is 0 Å². The molecule has 4 rings (SSSR count). The maximum absolute atomic E-state index is 13.7. The number of rotatable bonds is 4. The lowest BCUT2D eigenvalue weighted by molar-refractivity contribution is 0.0919. The number of halogens is 2. The van der Waals surface area contributed by atoms with E-state index in [2.05, 4.69) is 36.6 Å². The summed E-state index contributed by atoms with van der Waals surface area (Å²) < 4.78 is 16.3. The van der Waals surface area contributed by atoms with Crippen molar-refractivity contribution in [2.75, 3.05) is 13.1 Å². The molecule has 1 fully saturated rings. The van der Waals surface area contributed by atoms with E-state index in [9.17, 15) is 9.18 Å². The highest BCUT2D eigenvalue weighted by Gasteiger charge is 2.28. The Balaban J connectivity index is 1.50. The standard InChI is InChI=1S/C21H21BrFN5O/c1-28-20(17(22)11-26-28)14-5-6-18(25-10-14)21(29)27-19-12-24-8-7-16(19)13-3-2-4-15(23)9-13/h2-6,9-11,16,19,24H,7-8,12H2,1H3,(H,27,29)/t16-,19+/m0/s1. The molecule has 3 heterocycles. The normalized spacial score (nSPS) is 19.1. The van der Waals surface area contributed by atoms with Crippen molar-refractivity contribution in [2.45, 2.75) is 18.4 Å². The van der Waals surface area contributed by atoms with Gasteiger partial charge in [0.05, 0.1) is 16.4 Å². The van der Waals surface area contributed by atoms with Crippen LogP contribution in [0.1, 0.15) is 28.4 Å². The minimum absolute atomic E-state index is 0.0561. The summed E-state index contributed by atoms with van der Waals surface area (Å²) in [6.07, 6.45) is 4.22. The third kappa shape index (κ3) is 4.23. The molecule has 0 spiro atoms. The maximum Gasteiger partial charge on any atom is 0.270 e. The third-order valence-corrected chi connectivity index (χ3v) is 5.82. The molecule has 2 N–H and O–H groups in total. The van der Waals surface area contributed by atoms with Crippen molar-refractivity contribution in [3.63, 3.8) is 0 Å².